The maximum atomic E-state index is 13.6. The number of hydroxylamine groups is 2. The Kier molecular flexibility index (Phi) is 11.4. The first kappa shape index (κ1) is 31.2. The molecule has 1 aliphatic rings. The first-order chi connectivity index (χ1) is 18.4. The molecule has 0 aliphatic carbocycles. The Hall–Kier alpha value is -4.04. The minimum absolute atomic E-state index is 0.0747. The summed E-state index contributed by atoms with van der Waals surface area (Å²) >= 11 is 0. The molecule has 1 heterocycles. The van der Waals surface area contributed by atoms with Gasteiger partial charge in [0.05, 0.1) is 0 Å². The molecule has 1 aromatic rings. The normalized spacial score (nSPS) is 22.2. The number of carbonyl (C=O) groups is 6. The van der Waals surface area contributed by atoms with Crippen molar-refractivity contribution in [1.82, 2.24) is 5.06 Å². The Balaban J connectivity index is 2.60. The number of esters is 3. The van der Waals surface area contributed by atoms with Gasteiger partial charge < -0.3 is 33.4 Å². The van der Waals surface area contributed by atoms with Crippen molar-refractivity contribution >= 4 is 41.4 Å². The van der Waals surface area contributed by atoms with E-state index in [1.54, 1.807) is 37.3 Å². The van der Waals surface area contributed by atoms with Crippen LogP contribution in [0.5, 0.6) is 0 Å². The average molecular weight is 553 g/mol. The average Bonchev–Trinajstić information content (AvgIpc) is 2.87. The third kappa shape index (κ3) is 8.22. The third-order valence-electron chi connectivity index (χ3n) is 5.41. The molecule has 0 N–H and O–H groups in total. The predicted octanol–water partition coefficient (Wildman–Crippen LogP) is 0.513. The zero-order chi connectivity index (χ0) is 29.3. The molecule has 1 aromatic carbocycles. The van der Waals surface area contributed by atoms with Crippen LogP contribution in [0.2, 0.25) is 0 Å². The number of benzene rings is 1. The minimum Gasteiger partial charge on any atom is -0.463 e. The Labute approximate surface area is 224 Å². The number of hydrogen-bond donors (Lipinski definition) is 0. The molecule has 14 heteroatoms. The standard InChI is InChI=1S/C25H32N2O12/c1-7-26(18-11-9-8-10-12-18)23(32)24(33)27(39-17(5)31)20-22(37-16(4)30)21(36-15(3)29)19(13-35-14(2)28)38-25(20)34-6/h8-12,19-22,25H,7,13H2,1-6H3/t19-,20-,21-,22-,25-/m1/s1. The van der Waals surface area contributed by atoms with Gasteiger partial charge in [0.2, 0.25) is 0 Å². The molecule has 0 saturated carbocycles. The van der Waals surface area contributed by atoms with Gasteiger partial charge in [0.15, 0.2) is 24.5 Å². The van der Waals surface area contributed by atoms with Gasteiger partial charge in [-0.25, -0.2) is 0 Å². The van der Waals surface area contributed by atoms with Crippen molar-refractivity contribution in [3.8, 4) is 0 Å². The fourth-order valence-corrected chi connectivity index (χ4v) is 3.96. The fourth-order valence-electron chi connectivity index (χ4n) is 3.96. The van der Waals surface area contributed by atoms with Crippen LogP contribution < -0.4 is 4.90 Å². The number of nitrogens with zero attached hydrogens (tertiary/aromatic N) is 2. The molecule has 5 atom stereocenters. The second kappa shape index (κ2) is 14.2. The quantitative estimate of drug-likeness (QED) is 0.190. The van der Waals surface area contributed by atoms with E-state index in [2.05, 4.69) is 0 Å². The molecule has 0 radical (unpaired) electrons. The van der Waals surface area contributed by atoms with Crippen molar-refractivity contribution in [2.45, 2.75) is 65.3 Å². The van der Waals surface area contributed by atoms with Gasteiger partial charge in [-0.2, -0.15) is 5.06 Å². The SMILES string of the molecule is CCN(C(=O)C(=O)N(OC(C)=O)[C@H]1[C@H](OC)O[C@H](COC(C)=O)[C@@H](OC(C)=O)[C@@H]1OC(C)=O)c1ccccc1. The molecule has 39 heavy (non-hydrogen) atoms. The highest BCUT2D eigenvalue weighted by molar-refractivity contribution is 6.40. The summed E-state index contributed by atoms with van der Waals surface area (Å²) in [5.41, 5.74) is 0.389. The number of para-hydroxylation sites is 1. The Bertz CT molecular complexity index is 1060. The number of ether oxygens (including phenoxy) is 5. The highest BCUT2D eigenvalue weighted by Crippen LogP contribution is 2.31. The second-order valence-electron chi connectivity index (χ2n) is 8.32. The van der Waals surface area contributed by atoms with Crippen LogP contribution in [-0.2, 0) is 57.3 Å². The van der Waals surface area contributed by atoms with Gasteiger partial charge in [-0.3, -0.25) is 28.8 Å². The first-order valence-corrected chi connectivity index (χ1v) is 12.0. The number of anilines is 1. The van der Waals surface area contributed by atoms with Crippen LogP contribution in [-0.4, -0.2) is 91.7 Å². The predicted molar refractivity (Wildman–Crippen MR) is 130 cm³/mol. The lowest BCUT2D eigenvalue weighted by atomic mass is 9.95. The summed E-state index contributed by atoms with van der Waals surface area (Å²) in [6, 6.07) is 6.63. The fraction of sp³-hybridized carbons (Fsp3) is 0.520. The van der Waals surface area contributed by atoms with Gasteiger partial charge in [-0.1, -0.05) is 18.2 Å². The van der Waals surface area contributed by atoms with E-state index >= 15 is 0 Å². The maximum absolute atomic E-state index is 13.6. The first-order valence-electron chi connectivity index (χ1n) is 12.0. The summed E-state index contributed by atoms with van der Waals surface area (Å²) in [4.78, 5) is 80.9. The van der Waals surface area contributed by atoms with Gasteiger partial charge in [-0.05, 0) is 19.1 Å². The van der Waals surface area contributed by atoms with E-state index in [9.17, 15) is 28.8 Å². The molecular weight excluding hydrogens is 520 g/mol. The maximum Gasteiger partial charge on any atom is 0.345 e. The lowest BCUT2D eigenvalue weighted by molar-refractivity contribution is -0.314. The molecule has 2 rings (SSSR count). The Morgan fingerprint density at radius 2 is 1.41 bits per heavy atom. The molecule has 214 valence electrons. The highest BCUT2D eigenvalue weighted by Gasteiger charge is 2.56. The number of amides is 2. The van der Waals surface area contributed by atoms with Crippen molar-refractivity contribution in [1.29, 1.82) is 0 Å². The Morgan fingerprint density at radius 3 is 1.90 bits per heavy atom. The number of methoxy groups -OCH3 is 1. The van der Waals surface area contributed by atoms with Crippen molar-refractivity contribution in [2.75, 3.05) is 25.2 Å². The van der Waals surface area contributed by atoms with Crippen LogP contribution in [0, 0.1) is 0 Å². The van der Waals surface area contributed by atoms with Crippen molar-refractivity contribution in [2.24, 2.45) is 0 Å². The van der Waals surface area contributed by atoms with E-state index in [1.807, 2.05) is 0 Å². The van der Waals surface area contributed by atoms with Gasteiger partial charge in [0, 0.05) is 47.0 Å². The largest absolute Gasteiger partial charge is 0.463 e. The summed E-state index contributed by atoms with van der Waals surface area (Å²) in [7, 11) is 1.18. The molecule has 14 nitrogen and oxygen atoms in total. The van der Waals surface area contributed by atoms with Crippen molar-refractivity contribution in [3.63, 3.8) is 0 Å². The number of carbonyl (C=O) groups excluding carboxylic acids is 6. The topological polar surface area (TPSA) is 164 Å². The van der Waals surface area contributed by atoms with Crippen molar-refractivity contribution in [3.05, 3.63) is 30.3 Å². The summed E-state index contributed by atoms with van der Waals surface area (Å²) in [5, 5.41) is 0.386. The molecule has 1 aliphatic heterocycles. The smallest absolute Gasteiger partial charge is 0.345 e. The molecular formula is C25H32N2O12. The van der Waals surface area contributed by atoms with Crippen LogP contribution in [0.3, 0.4) is 0 Å². The lowest BCUT2D eigenvalue weighted by Gasteiger charge is -2.46. The molecule has 1 saturated heterocycles. The van der Waals surface area contributed by atoms with E-state index < -0.39 is 72.9 Å². The van der Waals surface area contributed by atoms with Gasteiger partial charge in [0.1, 0.15) is 12.7 Å². The van der Waals surface area contributed by atoms with Gasteiger partial charge >= 0.3 is 35.7 Å². The number of hydrogen-bond acceptors (Lipinski definition) is 12. The van der Waals surface area contributed by atoms with Crippen molar-refractivity contribution < 1.29 is 57.3 Å². The summed E-state index contributed by atoms with van der Waals surface area (Å²) < 4.78 is 26.9. The van der Waals surface area contributed by atoms with E-state index in [0.717, 1.165) is 32.6 Å². The lowest BCUT2D eigenvalue weighted by Crippen LogP contribution is -2.68. The number of rotatable bonds is 8. The molecule has 2 amide bonds. The van der Waals surface area contributed by atoms with Gasteiger partial charge in [-0.15, -0.1) is 0 Å². The number of likely N-dealkylation sites (N-methyl/N-ethyl adjacent to an activating group) is 1. The molecule has 0 aromatic heterocycles. The second-order valence-corrected chi connectivity index (χ2v) is 8.32. The van der Waals surface area contributed by atoms with Crippen LogP contribution in [0.15, 0.2) is 30.3 Å². The Morgan fingerprint density at radius 1 is 0.821 bits per heavy atom. The molecule has 0 bridgehead atoms. The summed E-state index contributed by atoms with van der Waals surface area (Å²) in [6.45, 7) is 5.51. The van der Waals surface area contributed by atoms with Crippen LogP contribution in [0.25, 0.3) is 0 Å². The van der Waals surface area contributed by atoms with Crippen LogP contribution >= 0.6 is 0 Å². The molecule has 0 unspecified atom stereocenters. The highest BCUT2D eigenvalue weighted by atomic mass is 16.7. The van der Waals surface area contributed by atoms with Crippen LogP contribution in [0.4, 0.5) is 5.69 Å². The van der Waals surface area contributed by atoms with Gasteiger partial charge in [0.25, 0.3) is 0 Å². The zero-order valence-electron chi connectivity index (χ0n) is 22.5. The third-order valence-corrected chi connectivity index (χ3v) is 5.41. The van der Waals surface area contributed by atoms with E-state index in [1.165, 1.54) is 7.11 Å². The van der Waals surface area contributed by atoms with E-state index in [-0.39, 0.29) is 6.54 Å². The monoisotopic (exact) mass is 552 g/mol. The zero-order valence-corrected chi connectivity index (χ0v) is 22.5. The van der Waals surface area contributed by atoms with E-state index in [0.29, 0.717) is 10.8 Å². The molecule has 0 spiro atoms. The summed E-state index contributed by atoms with van der Waals surface area (Å²) in [6.07, 6.45) is -5.80. The minimum atomic E-state index is -1.63. The molecule has 1 fully saturated rings. The van der Waals surface area contributed by atoms with Crippen LogP contribution in [0.1, 0.15) is 34.6 Å². The summed E-state index contributed by atoms with van der Waals surface area (Å²) in [5.74, 6) is -5.79. The van der Waals surface area contributed by atoms with E-state index in [4.69, 9.17) is 28.5 Å².